The fourth-order valence-electron chi connectivity index (χ4n) is 1.79. The van der Waals surface area contributed by atoms with Crippen molar-refractivity contribution in [1.29, 1.82) is 0 Å². The van der Waals surface area contributed by atoms with E-state index in [1.165, 1.54) is 0 Å². The molecule has 0 aliphatic carbocycles. The summed E-state index contributed by atoms with van der Waals surface area (Å²) in [6.45, 7) is 0.671. The third-order valence-electron chi connectivity index (χ3n) is 2.81. The lowest BCUT2D eigenvalue weighted by molar-refractivity contribution is 0.309. The highest BCUT2D eigenvalue weighted by Gasteiger charge is 2.02. The smallest absolute Gasteiger partial charge is 0.119 e. The molecule has 1 unspecified atom stereocenters. The number of rotatable bonds is 8. The van der Waals surface area contributed by atoms with Gasteiger partial charge in [0.25, 0.3) is 0 Å². The van der Waals surface area contributed by atoms with Crippen molar-refractivity contribution in [2.24, 2.45) is 0 Å². The number of hydrogen-bond acceptors (Lipinski definition) is 3. The maximum atomic E-state index is 11.9. The second-order valence-corrected chi connectivity index (χ2v) is 6.05. The standard InChI is InChI=1S/C16H19NO2S/c18-20(14-15-8-4-5-11-17-15)13-7-6-12-19-16-9-2-1-3-10-16/h1-5,8-11H,6-7,12-14H2. The third kappa shape index (κ3) is 5.53. The molecule has 0 spiro atoms. The molecule has 2 rings (SSSR count). The Morgan fingerprint density at radius 1 is 1.00 bits per heavy atom. The molecule has 0 saturated heterocycles. The Morgan fingerprint density at radius 2 is 1.80 bits per heavy atom. The highest BCUT2D eigenvalue weighted by molar-refractivity contribution is 7.84. The summed E-state index contributed by atoms with van der Waals surface area (Å²) in [5.74, 6) is 2.14. The van der Waals surface area contributed by atoms with Crippen molar-refractivity contribution in [1.82, 2.24) is 4.98 Å². The van der Waals surface area contributed by atoms with Crippen LogP contribution < -0.4 is 4.74 Å². The van der Waals surface area contributed by atoms with Crippen molar-refractivity contribution in [2.45, 2.75) is 18.6 Å². The molecular formula is C16H19NO2S. The molecule has 2 aromatic rings. The van der Waals surface area contributed by atoms with Crippen LogP contribution in [0.5, 0.6) is 5.75 Å². The maximum absolute atomic E-state index is 11.9. The maximum Gasteiger partial charge on any atom is 0.119 e. The van der Waals surface area contributed by atoms with Crippen LogP contribution in [-0.2, 0) is 16.6 Å². The van der Waals surface area contributed by atoms with Gasteiger partial charge in [0, 0.05) is 22.7 Å². The lowest BCUT2D eigenvalue weighted by atomic mass is 10.3. The van der Waals surface area contributed by atoms with Gasteiger partial charge in [0.2, 0.25) is 0 Å². The number of nitrogens with zero attached hydrogens (tertiary/aromatic N) is 1. The van der Waals surface area contributed by atoms with Crippen LogP contribution in [0.4, 0.5) is 0 Å². The fraction of sp³-hybridized carbons (Fsp3) is 0.312. The summed E-state index contributed by atoms with van der Waals surface area (Å²) < 4.78 is 17.5. The van der Waals surface area contributed by atoms with Crippen molar-refractivity contribution < 1.29 is 8.95 Å². The van der Waals surface area contributed by atoms with E-state index in [-0.39, 0.29) is 0 Å². The van der Waals surface area contributed by atoms with Gasteiger partial charge in [-0.2, -0.15) is 0 Å². The van der Waals surface area contributed by atoms with E-state index >= 15 is 0 Å². The number of aromatic nitrogens is 1. The summed E-state index contributed by atoms with van der Waals surface area (Å²) in [7, 11) is -0.837. The molecule has 0 fully saturated rings. The van der Waals surface area contributed by atoms with E-state index in [9.17, 15) is 4.21 Å². The van der Waals surface area contributed by atoms with E-state index in [4.69, 9.17) is 4.74 Å². The minimum atomic E-state index is -0.837. The van der Waals surface area contributed by atoms with Crippen LogP contribution in [0.25, 0.3) is 0 Å². The molecule has 0 bridgehead atoms. The first-order valence-electron chi connectivity index (χ1n) is 6.77. The minimum absolute atomic E-state index is 0.542. The lowest BCUT2D eigenvalue weighted by Gasteiger charge is -2.05. The average Bonchev–Trinajstić information content (AvgIpc) is 2.49. The molecule has 4 heteroatoms. The zero-order chi connectivity index (χ0) is 14.0. The van der Waals surface area contributed by atoms with Gasteiger partial charge in [-0.15, -0.1) is 0 Å². The van der Waals surface area contributed by atoms with E-state index in [1.807, 2.05) is 48.5 Å². The number of unbranched alkanes of at least 4 members (excludes halogenated alkanes) is 1. The quantitative estimate of drug-likeness (QED) is 0.701. The summed E-state index contributed by atoms with van der Waals surface area (Å²) >= 11 is 0. The SMILES string of the molecule is O=S(CCCCOc1ccccc1)Cc1ccccn1. The van der Waals surface area contributed by atoms with Crippen LogP contribution in [0.2, 0.25) is 0 Å². The molecule has 0 aliphatic heterocycles. The van der Waals surface area contributed by atoms with E-state index in [0.29, 0.717) is 18.1 Å². The van der Waals surface area contributed by atoms with E-state index in [1.54, 1.807) is 6.20 Å². The zero-order valence-electron chi connectivity index (χ0n) is 11.4. The molecule has 1 aromatic heterocycles. The monoisotopic (exact) mass is 289 g/mol. The summed E-state index contributed by atoms with van der Waals surface area (Å²) in [6, 6.07) is 15.5. The lowest BCUT2D eigenvalue weighted by Crippen LogP contribution is -2.05. The first kappa shape index (κ1) is 14.7. The Bertz CT molecular complexity index is 517. The molecule has 20 heavy (non-hydrogen) atoms. The number of hydrogen-bond donors (Lipinski definition) is 0. The van der Waals surface area contributed by atoms with Gasteiger partial charge in [-0.3, -0.25) is 9.19 Å². The fourth-order valence-corrected chi connectivity index (χ4v) is 2.96. The molecular weight excluding hydrogens is 270 g/mol. The Balaban J connectivity index is 1.58. The Labute approximate surface area is 122 Å². The van der Waals surface area contributed by atoms with Crippen LogP contribution in [0.15, 0.2) is 54.7 Å². The molecule has 1 heterocycles. The van der Waals surface area contributed by atoms with Crippen molar-refractivity contribution in [3.05, 3.63) is 60.4 Å². The largest absolute Gasteiger partial charge is 0.494 e. The molecule has 0 radical (unpaired) electrons. The first-order chi connectivity index (χ1) is 9.84. The van der Waals surface area contributed by atoms with Crippen LogP contribution in [0, 0.1) is 0 Å². The van der Waals surface area contributed by atoms with Crippen molar-refractivity contribution >= 4 is 10.8 Å². The van der Waals surface area contributed by atoms with Gasteiger partial charge >= 0.3 is 0 Å². The molecule has 0 aliphatic rings. The van der Waals surface area contributed by atoms with Gasteiger partial charge in [-0.25, -0.2) is 0 Å². The van der Waals surface area contributed by atoms with Crippen LogP contribution in [-0.4, -0.2) is 21.6 Å². The van der Waals surface area contributed by atoms with Crippen LogP contribution in [0.3, 0.4) is 0 Å². The Kier molecular flexibility index (Phi) is 6.24. The molecule has 0 N–H and O–H groups in total. The predicted octanol–water partition coefficient (Wildman–Crippen LogP) is 3.19. The van der Waals surface area contributed by atoms with E-state index in [2.05, 4.69) is 4.98 Å². The normalized spacial score (nSPS) is 12.0. The first-order valence-corrected chi connectivity index (χ1v) is 8.26. The Hall–Kier alpha value is -1.68. The minimum Gasteiger partial charge on any atom is -0.494 e. The predicted molar refractivity (Wildman–Crippen MR) is 82.1 cm³/mol. The van der Waals surface area contributed by atoms with Gasteiger partial charge in [-0.05, 0) is 37.1 Å². The second kappa shape index (κ2) is 8.48. The molecule has 0 saturated carbocycles. The number of benzene rings is 1. The topological polar surface area (TPSA) is 39.2 Å². The van der Waals surface area contributed by atoms with Crippen molar-refractivity contribution in [3.8, 4) is 5.75 Å². The molecule has 3 nitrogen and oxygen atoms in total. The Morgan fingerprint density at radius 3 is 2.55 bits per heavy atom. The van der Waals surface area contributed by atoms with Gasteiger partial charge in [-0.1, -0.05) is 24.3 Å². The van der Waals surface area contributed by atoms with E-state index in [0.717, 1.165) is 24.3 Å². The number of para-hydroxylation sites is 1. The molecule has 1 aromatic carbocycles. The van der Waals surface area contributed by atoms with E-state index < -0.39 is 10.8 Å². The summed E-state index contributed by atoms with van der Waals surface area (Å²) in [6.07, 6.45) is 3.56. The zero-order valence-corrected chi connectivity index (χ0v) is 12.2. The molecule has 1 atom stereocenters. The third-order valence-corrected chi connectivity index (χ3v) is 4.18. The molecule has 0 amide bonds. The van der Waals surface area contributed by atoms with Gasteiger partial charge in [0.05, 0.1) is 18.1 Å². The van der Waals surface area contributed by atoms with Crippen molar-refractivity contribution in [2.75, 3.05) is 12.4 Å². The van der Waals surface area contributed by atoms with Crippen molar-refractivity contribution in [3.63, 3.8) is 0 Å². The average molecular weight is 289 g/mol. The van der Waals surface area contributed by atoms with Crippen LogP contribution in [0.1, 0.15) is 18.5 Å². The highest BCUT2D eigenvalue weighted by atomic mass is 32.2. The second-order valence-electron chi connectivity index (χ2n) is 4.48. The van der Waals surface area contributed by atoms with Gasteiger partial charge in [0.15, 0.2) is 0 Å². The summed E-state index contributed by atoms with van der Waals surface area (Å²) in [5.41, 5.74) is 0.895. The summed E-state index contributed by atoms with van der Waals surface area (Å²) in [5, 5.41) is 0. The molecule has 106 valence electrons. The number of pyridine rings is 1. The summed E-state index contributed by atoms with van der Waals surface area (Å²) in [4.78, 5) is 4.19. The highest BCUT2D eigenvalue weighted by Crippen LogP contribution is 2.09. The number of ether oxygens (including phenoxy) is 1. The van der Waals surface area contributed by atoms with Gasteiger partial charge < -0.3 is 4.74 Å². The van der Waals surface area contributed by atoms with Crippen LogP contribution >= 0.6 is 0 Å². The van der Waals surface area contributed by atoms with Gasteiger partial charge in [0.1, 0.15) is 5.75 Å².